The number of benzene rings is 3. The number of thioether (sulfide) groups is 1. The van der Waals surface area contributed by atoms with E-state index in [1.54, 1.807) is 0 Å². The van der Waals surface area contributed by atoms with Crippen molar-refractivity contribution in [1.82, 2.24) is 25.1 Å². The van der Waals surface area contributed by atoms with Crippen molar-refractivity contribution in [3.05, 3.63) is 125 Å². The third-order valence-electron chi connectivity index (χ3n) is 5.95. The highest BCUT2D eigenvalue weighted by Gasteiger charge is 2.20. The Balaban J connectivity index is 1.28. The van der Waals surface area contributed by atoms with Crippen molar-refractivity contribution in [3.8, 4) is 5.69 Å². The van der Waals surface area contributed by atoms with Crippen molar-refractivity contribution < 1.29 is 9.21 Å². The Labute approximate surface area is 220 Å². The Kier molecular flexibility index (Phi) is 7.46. The van der Waals surface area contributed by atoms with Gasteiger partial charge >= 0.3 is 0 Å². The van der Waals surface area contributed by atoms with Gasteiger partial charge in [-0.2, -0.15) is 0 Å². The summed E-state index contributed by atoms with van der Waals surface area (Å²) < 4.78 is 7.64. The molecule has 7 nitrogen and oxygen atoms in total. The molecule has 0 spiro atoms. The van der Waals surface area contributed by atoms with Gasteiger partial charge in [0.2, 0.25) is 5.89 Å². The number of carbonyl (C=O) groups excluding carboxylic acids is 1. The van der Waals surface area contributed by atoms with Crippen LogP contribution in [0.15, 0.2) is 101 Å². The first-order valence-electron chi connectivity index (χ1n) is 12.0. The van der Waals surface area contributed by atoms with Crippen molar-refractivity contribution in [2.24, 2.45) is 0 Å². The van der Waals surface area contributed by atoms with Crippen molar-refractivity contribution >= 4 is 17.7 Å². The number of amides is 1. The summed E-state index contributed by atoms with van der Waals surface area (Å²) in [5.74, 6) is 1.39. The van der Waals surface area contributed by atoms with Gasteiger partial charge in [-0.15, -0.1) is 10.2 Å². The number of carbonyl (C=O) groups is 1. The second-order valence-corrected chi connectivity index (χ2v) is 9.69. The number of aryl methyl sites for hydroxylation is 2. The number of hydrogen-bond donors (Lipinski definition) is 1. The Hall–Kier alpha value is -4.17. The largest absolute Gasteiger partial charge is 0.447 e. The van der Waals surface area contributed by atoms with E-state index in [0.29, 0.717) is 18.1 Å². The van der Waals surface area contributed by atoms with Crippen LogP contribution in [0.4, 0.5) is 0 Å². The van der Waals surface area contributed by atoms with Gasteiger partial charge in [0.15, 0.2) is 10.9 Å². The molecule has 3 aromatic carbocycles. The summed E-state index contributed by atoms with van der Waals surface area (Å²) in [4.78, 5) is 17.6. The average Bonchev–Trinajstić information content (AvgIpc) is 3.55. The van der Waals surface area contributed by atoms with Gasteiger partial charge in [-0.3, -0.25) is 9.36 Å². The van der Waals surface area contributed by atoms with E-state index >= 15 is 0 Å². The highest BCUT2D eigenvalue weighted by molar-refractivity contribution is 7.98. The summed E-state index contributed by atoms with van der Waals surface area (Å²) in [7, 11) is 0. The minimum Gasteiger partial charge on any atom is -0.447 e. The van der Waals surface area contributed by atoms with Gasteiger partial charge in [-0.25, -0.2) is 4.98 Å². The zero-order valence-corrected chi connectivity index (χ0v) is 21.5. The summed E-state index contributed by atoms with van der Waals surface area (Å²) in [5, 5.41) is 12.4. The molecular formula is C29H27N5O2S. The van der Waals surface area contributed by atoms with Crippen LogP contribution in [0.25, 0.3) is 5.69 Å². The molecular weight excluding hydrogens is 482 g/mol. The molecule has 0 saturated heterocycles. The number of rotatable bonds is 9. The van der Waals surface area contributed by atoms with Gasteiger partial charge in [-0.05, 0) is 49.1 Å². The third kappa shape index (κ3) is 5.98. The molecule has 0 aliphatic heterocycles. The van der Waals surface area contributed by atoms with E-state index in [0.717, 1.165) is 33.4 Å². The summed E-state index contributed by atoms with van der Waals surface area (Å²) in [6, 6.07) is 28.1. The first-order valence-corrected chi connectivity index (χ1v) is 13.0. The lowest BCUT2D eigenvalue weighted by Gasteiger charge is -2.19. The fourth-order valence-corrected chi connectivity index (χ4v) is 4.98. The van der Waals surface area contributed by atoms with Crippen LogP contribution in [-0.2, 0) is 12.2 Å². The quantitative estimate of drug-likeness (QED) is 0.250. The number of aromatic nitrogens is 4. The predicted molar refractivity (Wildman–Crippen MR) is 144 cm³/mol. The van der Waals surface area contributed by atoms with Gasteiger partial charge < -0.3 is 9.73 Å². The van der Waals surface area contributed by atoms with Crippen molar-refractivity contribution in [1.29, 1.82) is 0 Å². The van der Waals surface area contributed by atoms with Crippen LogP contribution >= 0.6 is 11.8 Å². The lowest BCUT2D eigenvalue weighted by atomic mass is 9.99. The molecule has 1 unspecified atom stereocenters. The molecule has 0 aliphatic carbocycles. The molecule has 5 rings (SSSR count). The number of nitrogens with one attached hydrogen (secondary N) is 1. The van der Waals surface area contributed by atoms with Crippen LogP contribution in [0, 0.1) is 13.8 Å². The maximum absolute atomic E-state index is 13.1. The molecule has 0 bridgehead atoms. The van der Waals surface area contributed by atoms with E-state index in [1.165, 1.54) is 18.0 Å². The molecule has 1 atom stereocenters. The van der Waals surface area contributed by atoms with Crippen LogP contribution < -0.4 is 5.32 Å². The van der Waals surface area contributed by atoms with E-state index in [9.17, 15) is 4.79 Å². The molecule has 0 radical (unpaired) electrons. The molecule has 5 aromatic rings. The monoisotopic (exact) mass is 509 g/mol. The lowest BCUT2D eigenvalue weighted by molar-refractivity contribution is 0.0931. The Morgan fingerprint density at radius 1 is 0.973 bits per heavy atom. The molecule has 0 saturated carbocycles. The maximum Gasteiger partial charge on any atom is 0.273 e. The fourth-order valence-electron chi connectivity index (χ4n) is 4.13. The first-order chi connectivity index (χ1) is 18.1. The van der Waals surface area contributed by atoms with Crippen molar-refractivity contribution in [2.75, 3.05) is 0 Å². The zero-order valence-electron chi connectivity index (χ0n) is 20.7. The van der Waals surface area contributed by atoms with Gasteiger partial charge in [-0.1, -0.05) is 84.6 Å². The normalized spacial score (nSPS) is 11.8. The molecule has 1 amide bonds. The fraction of sp³-hybridized carbons (Fsp3) is 0.172. The van der Waals surface area contributed by atoms with Gasteiger partial charge in [0.25, 0.3) is 5.91 Å². The van der Waals surface area contributed by atoms with Crippen LogP contribution in [0.3, 0.4) is 0 Å². The van der Waals surface area contributed by atoms with Gasteiger partial charge in [0.05, 0.1) is 11.8 Å². The van der Waals surface area contributed by atoms with Crippen LogP contribution in [-0.4, -0.2) is 25.7 Å². The summed E-state index contributed by atoms with van der Waals surface area (Å²) in [6.07, 6.45) is 2.08. The molecule has 37 heavy (non-hydrogen) atoms. The predicted octanol–water partition coefficient (Wildman–Crippen LogP) is 5.88. The van der Waals surface area contributed by atoms with Gasteiger partial charge in [0, 0.05) is 5.69 Å². The lowest BCUT2D eigenvalue weighted by Crippen LogP contribution is -2.30. The molecule has 2 heterocycles. The van der Waals surface area contributed by atoms with Crippen molar-refractivity contribution in [2.45, 2.75) is 37.2 Å². The van der Waals surface area contributed by atoms with E-state index < -0.39 is 0 Å². The SMILES string of the molecule is Cc1cccc(-n2c(C)nnc2SCc2nc(C(=O)NC(Cc3ccccc3)c3ccccc3)co2)c1. The van der Waals surface area contributed by atoms with E-state index in [2.05, 4.69) is 51.7 Å². The summed E-state index contributed by atoms with van der Waals surface area (Å²) in [6.45, 7) is 3.98. The molecule has 1 N–H and O–H groups in total. The maximum atomic E-state index is 13.1. The van der Waals surface area contributed by atoms with Crippen LogP contribution in [0.5, 0.6) is 0 Å². The molecule has 0 fully saturated rings. The Bertz CT molecular complexity index is 1480. The minimum absolute atomic E-state index is 0.193. The third-order valence-corrected chi connectivity index (χ3v) is 6.87. The highest BCUT2D eigenvalue weighted by atomic mass is 32.2. The van der Waals surface area contributed by atoms with Crippen LogP contribution in [0.1, 0.15) is 44.9 Å². The molecule has 0 aliphatic rings. The Morgan fingerprint density at radius 3 is 2.49 bits per heavy atom. The average molecular weight is 510 g/mol. The van der Waals surface area contributed by atoms with E-state index in [4.69, 9.17) is 4.42 Å². The second kappa shape index (κ2) is 11.3. The summed E-state index contributed by atoms with van der Waals surface area (Å²) in [5.41, 5.74) is 4.58. The first kappa shape index (κ1) is 24.5. The standard InChI is InChI=1S/C29H27N5O2S/c1-20-10-9-15-24(16-20)34-21(2)32-33-29(34)37-19-27-30-26(18-36-27)28(35)31-25(23-13-7-4-8-14-23)17-22-11-5-3-6-12-22/h3-16,18,25H,17,19H2,1-2H3,(H,31,35). The molecule has 186 valence electrons. The zero-order chi connectivity index (χ0) is 25.6. The smallest absolute Gasteiger partial charge is 0.273 e. The van der Waals surface area contributed by atoms with E-state index in [1.807, 2.05) is 72.2 Å². The minimum atomic E-state index is -0.274. The second-order valence-electron chi connectivity index (χ2n) is 8.75. The highest BCUT2D eigenvalue weighted by Crippen LogP contribution is 2.26. The number of nitrogens with zero attached hydrogens (tertiary/aromatic N) is 4. The summed E-state index contributed by atoms with van der Waals surface area (Å²) >= 11 is 1.46. The molecule has 8 heteroatoms. The van der Waals surface area contributed by atoms with Gasteiger partial charge in [0.1, 0.15) is 12.1 Å². The number of hydrogen-bond acceptors (Lipinski definition) is 6. The Morgan fingerprint density at radius 2 is 1.73 bits per heavy atom. The van der Waals surface area contributed by atoms with E-state index in [-0.39, 0.29) is 17.6 Å². The van der Waals surface area contributed by atoms with Crippen LogP contribution in [0.2, 0.25) is 0 Å². The topological polar surface area (TPSA) is 85.8 Å². The van der Waals surface area contributed by atoms with Crippen molar-refractivity contribution in [3.63, 3.8) is 0 Å². The number of oxazole rings is 1. The molecule has 2 aromatic heterocycles.